The molecule has 5 nitrogen and oxygen atoms in total. The van der Waals surface area contributed by atoms with Gasteiger partial charge in [0.05, 0.1) is 0 Å². The zero-order chi connectivity index (χ0) is 15.7. The van der Waals surface area contributed by atoms with Crippen molar-refractivity contribution in [1.82, 2.24) is 15.5 Å². The van der Waals surface area contributed by atoms with Crippen LogP contribution in [-0.4, -0.2) is 49.5 Å². The standard InChI is InChI=1S/C16H32N4O.HI/c1-5-17-15(18-10-8-9-16(2,3)4)19-13-14(21)20-11-6-7-12-20;/h5-13H2,1-4H3,(H2,17,18,19);1H. The van der Waals surface area contributed by atoms with Crippen LogP contribution in [0.3, 0.4) is 0 Å². The van der Waals surface area contributed by atoms with E-state index in [0.29, 0.717) is 5.41 Å². The Labute approximate surface area is 152 Å². The summed E-state index contributed by atoms with van der Waals surface area (Å²) >= 11 is 0. The van der Waals surface area contributed by atoms with Crippen LogP contribution < -0.4 is 10.6 Å². The number of aliphatic imine (C=N–C) groups is 1. The SMILES string of the molecule is CCNC(=NCC(=O)N1CCCC1)NCCCC(C)(C)C.I. The number of carbonyl (C=O) groups is 1. The van der Waals surface area contributed by atoms with Crippen molar-refractivity contribution in [2.75, 3.05) is 32.7 Å². The minimum absolute atomic E-state index is 0. The maximum atomic E-state index is 12.0. The van der Waals surface area contributed by atoms with Gasteiger partial charge in [0, 0.05) is 26.2 Å². The summed E-state index contributed by atoms with van der Waals surface area (Å²) in [6, 6.07) is 0. The summed E-state index contributed by atoms with van der Waals surface area (Å²) in [5.41, 5.74) is 0.364. The van der Waals surface area contributed by atoms with Crippen molar-refractivity contribution in [1.29, 1.82) is 0 Å². The lowest BCUT2D eigenvalue weighted by molar-refractivity contribution is -0.128. The molecule has 0 aliphatic carbocycles. The topological polar surface area (TPSA) is 56.7 Å². The molecule has 1 saturated heterocycles. The van der Waals surface area contributed by atoms with Crippen LogP contribution in [0, 0.1) is 5.41 Å². The van der Waals surface area contributed by atoms with Gasteiger partial charge in [-0.1, -0.05) is 20.8 Å². The first-order valence-corrected chi connectivity index (χ1v) is 8.22. The maximum absolute atomic E-state index is 12.0. The predicted octanol–water partition coefficient (Wildman–Crippen LogP) is 2.61. The van der Waals surface area contributed by atoms with Crippen molar-refractivity contribution in [2.24, 2.45) is 10.4 Å². The van der Waals surface area contributed by atoms with E-state index in [4.69, 9.17) is 0 Å². The van der Waals surface area contributed by atoms with Crippen molar-refractivity contribution in [3.63, 3.8) is 0 Å². The second-order valence-electron chi connectivity index (χ2n) is 6.87. The highest BCUT2D eigenvalue weighted by Crippen LogP contribution is 2.19. The number of carbonyl (C=O) groups excluding carboxylic acids is 1. The first kappa shape index (κ1) is 21.5. The molecule has 1 rings (SSSR count). The smallest absolute Gasteiger partial charge is 0.244 e. The Hall–Kier alpha value is -0.530. The van der Waals surface area contributed by atoms with Gasteiger partial charge in [-0.25, -0.2) is 4.99 Å². The van der Waals surface area contributed by atoms with Crippen LogP contribution in [0.5, 0.6) is 0 Å². The third-order valence-corrected chi connectivity index (χ3v) is 3.57. The molecule has 0 aromatic heterocycles. The van der Waals surface area contributed by atoms with Crippen molar-refractivity contribution in [3.8, 4) is 0 Å². The van der Waals surface area contributed by atoms with Crippen molar-refractivity contribution in [3.05, 3.63) is 0 Å². The minimum Gasteiger partial charge on any atom is -0.357 e. The van der Waals surface area contributed by atoms with Gasteiger partial charge in [-0.05, 0) is 38.0 Å². The van der Waals surface area contributed by atoms with Crippen LogP contribution in [0.1, 0.15) is 53.4 Å². The molecule has 0 aromatic carbocycles. The van der Waals surface area contributed by atoms with E-state index in [1.165, 1.54) is 6.42 Å². The summed E-state index contributed by atoms with van der Waals surface area (Å²) < 4.78 is 0. The number of rotatable bonds is 6. The van der Waals surface area contributed by atoms with Crippen LogP contribution in [0.25, 0.3) is 0 Å². The Morgan fingerprint density at radius 1 is 1.18 bits per heavy atom. The first-order valence-electron chi connectivity index (χ1n) is 8.22. The van der Waals surface area contributed by atoms with E-state index >= 15 is 0 Å². The summed E-state index contributed by atoms with van der Waals surface area (Å²) in [7, 11) is 0. The van der Waals surface area contributed by atoms with Gasteiger partial charge in [0.25, 0.3) is 0 Å². The molecule has 0 radical (unpaired) electrons. The normalized spacial score (nSPS) is 15.5. The molecule has 1 fully saturated rings. The van der Waals surface area contributed by atoms with Crippen LogP contribution in [0.2, 0.25) is 0 Å². The van der Waals surface area contributed by atoms with Gasteiger partial charge in [0.2, 0.25) is 5.91 Å². The molecule has 0 aromatic rings. The molecule has 0 spiro atoms. The van der Waals surface area contributed by atoms with Crippen LogP contribution in [0.15, 0.2) is 4.99 Å². The summed E-state index contributed by atoms with van der Waals surface area (Å²) in [6.07, 6.45) is 4.53. The molecule has 6 heteroatoms. The molecule has 2 N–H and O–H groups in total. The molecule has 1 amide bonds. The summed E-state index contributed by atoms with van der Waals surface area (Å²) in [5.74, 6) is 0.887. The number of hydrogen-bond donors (Lipinski definition) is 2. The molecule has 0 unspecified atom stereocenters. The fourth-order valence-corrected chi connectivity index (χ4v) is 2.38. The van der Waals surface area contributed by atoms with E-state index in [1.54, 1.807) is 0 Å². The van der Waals surface area contributed by atoms with E-state index in [0.717, 1.165) is 51.4 Å². The molecular formula is C16H33IN4O. The Balaban J connectivity index is 0.00000441. The van der Waals surface area contributed by atoms with Crippen LogP contribution in [-0.2, 0) is 4.79 Å². The second kappa shape index (κ2) is 11.1. The zero-order valence-corrected chi connectivity index (χ0v) is 16.9. The van der Waals surface area contributed by atoms with Gasteiger partial charge in [-0.3, -0.25) is 4.79 Å². The van der Waals surface area contributed by atoms with E-state index in [2.05, 4.69) is 36.4 Å². The zero-order valence-electron chi connectivity index (χ0n) is 14.6. The Bertz CT molecular complexity index is 347. The predicted molar refractivity (Wildman–Crippen MR) is 104 cm³/mol. The van der Waals surface area contributed by atoms with Crippen LogP contribution in [0.4, 0.5) is 0 Å². The molecule has 1 aliphatic rings. The van der Waals surface area contributed by atoms with Crippen molar-refractivity contribution < 1.29 is 4.79 Å². The third-order valence-electron chi connectivity index (χ3n) is 3.57. The summed E-state index contributed by atoms with van der Waals surface area (Å²) in [4.78, 5) is 18.3. The minimum atomic E-state index is 0. The van der Waals surface area contributed by atoms with Gasteiger partial charge in [-0.2, -0.15) is 0 Å². The average Bonchev–Trinajstić information content (AvgIpc) is 2.93. The molecule has 1 heterocycles. The van der Waals surface area contributed by atoms with E-state index < -0.39 is 0 Å². The van der Waals surface area contributed by atoms with E-state index in [-0.39, 0.29) is 36.4 Å². The van der Waals surface area contributed by atoms with Gasteiger partial charge >= 0.3 is 0 Å². The quantitative estimate of drug-likeness (QED) is 0.298. The molecule has 0 bridgehead atoms. The number of amides is 1. The number of nitrogens with one attached hydrogen (secondary N) is 2. The summed E-state index contributed by atoms with van der Waals surface area (Å²) in [5, 5.41) is 6.50. The highest BCUT2D eigenvalue weighted by Gasteiger charge is 2.17. The monoisotopic (exact) mass is 424 g/mol. The Kier molecular flexibility index (Phi) is 10.8. The number of hydrogen-bond acceptors (Lipinski definition) is 2. The second-order valence-corrected chi connectivity index (χ2v) is 6.87. The molecule has 1 aliphatic heterocycles. The Morgan fingerprint density at radius 2 is 1.82 bits per heavy atom. The largest absolute Gasteiger partial charge is 0.357 e. The summed E-state index contributed by atoms with van der Waals surface area (Å²) in [6.45, 7) is 12.5. The Morgan fingerprint density at radius 3 is 2.36 bits per heavy atom. The third kappa shape index (κ3) is 9.48. The lowest BCUT2D eigenvalue weighted by atomic mass is 9.91. The first-order chi connectivity index (χ1) is 9.92. The van der Waals surface area contributed by atoms with Crippen molar-refractivity contribution >= 4 is 35.8 Å². The molecule has 0 atom stereocenters. The number of guanidine groups is 1. The number of halogens is 1. The van der Waals surface area contributed by atoms with Gasteiger partial charge < -0.3 is 15.5 Å². The fourth-order valence-electron chi connectivity index (χ4n) is 2.38. The molecule has 22 heavy (non-hydrogen) atoms. The number of likely N-dealkylation sites (tertiary alicyclic amines) is 1. The average molecular weight is 424 g/mol. The van der Waals surface area contributed by atoms with Crippen molar-refractivity contribution in [2.45, 2.75) is 53.4 Å². The lowest BCUT2D eigenvalue weighted by Crippen LogP contribution is -2.39. The van der Waals surface area contributed by atoms with E-state index in [9.17, 15) is 4.79 Å². The van der Waals surface area contributed by atoms with Gasteiger partial charge in [0.1, 0.15) is 6.54 Å². The molecule has 0 saturated carbocycles. The fraction of sp³-hybridized carbons (Fsp3) is 0.875. The molecule has 130 valence electrons. The molecular weight excluding hydrogens is 391 g/mol. The number of nitrogens with zero attached hydrogens (tertiary/aromatic N) is 2. The van der Waals surface area contributed by atoms with Gasteiger partial charge in [-0.15, -0.1) is 24.0 Å². The highest BCUT2D eigenvalue weighted by molar-refractivity contribution is 14.0. The maximum Gasteiger partial charge on any atom is 0.244 e. The lowest BCUT2D eigenvalue weighted by Gasteiger charge is -2.19. The van der Waals surface area contributed by atoms with Crippen LogP contribution >= 0.6 is 24.0 Å². The van der Waals surface area contributed by atoms with Gasteiger partial charge in [0.15, 0.2) is 5.96 Å². The van der Waals surface area contributed by atoms with E-state index in [1.807, 2.05) is 11.8 Å². The highest BCUT2D eigenvalue weighted by atomic mass is 127.